The maximum atomic E-state index is 12.7. The Morgan fingerprint density at radius 2 is 2.12 bits per heavy atom. The van der Waals surface area contributed by atoms with Gasteiger partial charge in [-0.1, -0.05) is 0 Å². The minimum absolute atomic E-state index is 0.0119. The SMILES string of the molecule is N#Cc1cccnc1N1CCC(NC(=O)c2cnn3c2CCCC3)CC1. The highest BCUT2D eigenvalue weighted by Crippen LogP contribution is 2.22. The molecule has 0 radical (unpaired) electrons. The van der Waals surface area contributed by atoms with Crippen LogP contribution in [0.25, 0.3) is 0 Å². The number of piperidine rings is 1. The number of carbonyl (C=O) groups is 1. The van der Waals surface area contributed by atoms with E-state index < -0.39 is 0 Å². The molecule has 4 heterocycles. The lowest BCUT2D eigenvalue weighted by Crippen LogP contribution is -2.45. The number of hydrogen-bond donors (Lipinski definition) is 1. The number of aromatic nitrogens is 3. The fourth-order valence-corrected chi connectivity index (χ4v) is 3.85. The number of aryl methyl sites for hydroxylation is 1. The number of pyridine rings is 1. The molecule has 26 heavy (non-hydrogen) atoms. The first kappa shape index (κ1) is 16.6. The average Bonchev–Trinajstić information content (AvgIpc) is 3.13. The van der Waals surface area contributed by atoms with Crippen LogP contribution in [0.3, 0.4) is 0 Å². The summed E-state index contributed by atoms with van der Waals surface area (Å²) < 4.78 is 1.96. The summed E-state index contributed by atoms with van der Waals surface area (Å²) in [5.41, 5.74) is 2.39. The molecule has 1 fully saturated rings. The first-order valence-electron chi connectivity index (χ1n) is 9.22. The van der Waals surface area contributed by atoms with Crippen LogP contribution >= 0.6 is 0 Å². The highest BCUT2D eigenvalue weighted by atomic mass is 16.1. The fraction of sp³-hybridized carbons (Fsp3) is 0.474. The van der Waals surface area contributed by atoms with Crippen LogP contribution in [0.5, 0.6) is 0 Å². The van der Waals surface area contributed by atoms with Crippen molar-refractivity contribution in [2.24, 2.45) is 0 Å². The Kier molecular flexibility index (Phi) is 4.57. The standard InChI is InChI=1S/C19H22N6O/c20-12-14-4-3-8-21-18(14)24-10-6-15(7-11-24)23-19(26)16-13-22-25-9-2-1-5-17(16)25/h3-4,8,13,15H,1-2,5-7,9-11H2,(H,23,26). The van der Waals surface area contributed by atoms with E-state index in [9.17, 15) is 10.1 Å². The molecule has 0 saturated carbocycles. The predicted molar refractivity (Wildman–Crippen MR) is 96.8 cm³/mol. The number of rotatable bonds is 3. The van der Waals surface area contributed by atoms with Crippen LogP contribution < -0.4 is 10.2 Å². The van der Waals surface area contributed by atoms with Crippen molar-refractivity contribution < 1.29 is 4.79 Å². The molecule has 0 bridgehead atoms. The minimum atomic E-state index is -0.0119. The number of nitriles is 1. The predicted octanol–water partition coefficient (Wildman–Crippen LogP) is 1.88. The third kappa shape index (κ3) is 3.15. The number of fused-ring (bicyclic) bond motifs is 1. The van der Waals surface area contributed by atoms with Gasteiger partial charge in [-0.05, 0) is 44.2 Å². The Bertz CT molecular complexity index is 844. The summed E-state index contributed by atoms with van der Waals surface area (Å²) in [4.78, 5) is 19.1. The Balaban J connectivity index is 1.38. The molecule has 7 heteroatoms. The second-order valence-corrected chi connectivity index (χ2v) is 6.91. The highest BCUT2D eigenvalue weighted by Gasteiger charge is 2.25. The lowest BCUT2D eigenvalue weighted by molar-refractivity contribution is 0.0929. The summed E-state index contributed by atoms with van der Waals surface area (Å²) in [6.07, 6.45) is 8.29. The van der Waals surface area contributed by atoms with Crippen molar-refractivity contribution in [1.82, 2.24) is 20.1 Å². The Hall–Kier alpha value is -2.88. The molecule has 0 aromatic carbocycles. The van der Waals surface area contributed by atoms with Gasteiger partial charge in [-0.25, -0.2) is 4.98 Å². The molecule has 2 aromatic rings. The molecule has 1 N–H and O–H groups in total. The van der Waals surface area contributed by atoms with Crippen molar-refractivity contribution in [3.63, 3.8) is 0 Å². The lowest BCUT2D eigenvalue weighted by Gasteiger charge is -2.33. The number of anilines is 1. The van der Waals surface area contributed by atoms with Gasteiger partial charge < -0.3 is 10.2 Å². The summed E-state index contributed by atoms with van der Waals surface area (Å²) >= 11 is 0. The third-order valence-corrected chi connectivity index (χ3v) is 5.26. The minimum Gasteiger partial charge on any atom is -0.355 e. The van der Waals surface area contributed by atoms with Crippen molar-refractivity contribution in [3.8, 4) is 6.07 Å². The van der Waals surface area contributed by atoms with Gasteiger partial charge in [0.1, 0.15) is 11.9 Å². The second-order valence-electron chi connectivity index (χ2n) is 6.91. The van der Waals surface area contributed by atoms with Crippen LogP contribution in [-0.2, 0) is 13.0 Å². The summed E-state index contributed by atoms with van der Waals surface area (Å²) in [6.45, 7) is 2.47. The van der Waals surface area contributed by atoms with Gasteiger partial charge in [-0.15, -0.1) is 0 Å². The molecule has 0 atom stereocenters. The van der Waals surface area contributed by atoms with Gasteiger partial charge in [0.05, 0.1) is 23.0 Å². The van der Waals surface area contributed by atoms with Gasteiger partial charge in [0.25, 0.3) is 5.91 Å². The van der Waals surface area contributed by atoms with Crippen LogP contribution in [-0.4, -0.2) is 39.8 Å². The molecule has 4 rings (SSSR count). The second kappa shape index (κ2) is 7.16. The Morgan fingerprint density at radius 1 is 1.27 bits per heavy atom. The van der Waals surface area contributed by atoms with E-state index in [0.29, 0.717) is 5.56 Å². The zero-order valence-electron chi connectivity index (χ0n) is 14.7. The van der Waals surface area contributed by atoms with Gasteiger partial charge in [0.2, 0.25) is 0 Å². The van der Waals surface area contributed by atoms with Gasteiger partial charge in [-0.2, -0.15) is 10.4 Å². The molecule has 134 valence electrons. The van der Waals surface area contributed by atoms with E-state index in [0.717, 1.165) is 68.8 Å². The first-order chi connectivity index (χ1) is 12.8. The van der Waals surface area contributed by atoms with Crippen LogP contribution in [0.15, 0.2) is 24.5 Å². The molecule has 1 saturated heterocycles. The third-order valence-electron chi connectivity index (χ3n) is 5.26. The molecule has 0 aliphatic carbocycles. The van der Waals surface area contributed by atoms with Crippen molar-refractivity contribution >= 4 is 11.7 Å². The summed E-state index contributed by atoms with van der Waals surface area (Å²) in [7, 11) is 0. The molecule has 2 aliphatic heterocycles. The zero-order chi connectivity index (χ0) is 17.9. The molecular formula is C19H22N6O. The van der Waals surface area contributed by atoms with Crippen LogP contribution in [0, 0.1) is 11.3 Å². The molecular weight excluding hydrogens is 328 g/mol. The Labute approximate surface area is 152 Å². The smallest absolute Gasteiger partial charge is 0.254 e. The summed E-state index contributed by atoms with van der Waals surface area (Å²) in [6, 6.07) is 5.92. The molecule has 1 amide bonds. The van der Waals surface area contributed by atoms with Crippen LogP contribution in [0.2, 0.25) is 0 Å². The number of amides is 1. The van der Waals surface area contributed by atoms with Crippen molar-refractivity contribution in [2.75, 3.05) is 18.0 Å². The van der Waals surface area contributed by atoms with E-state index in [1.165, 1.54) is 0 Å². The topological polar surface area (TPSA) is 86.8 Å². The fourth-order valence-electron chi connectivity index (χ4n) is 3.85. The Morgan fingerprint density at radius 3 is 2.92 bits per heavy atom. The average molecular weight is 350 g/mol. The van der Waals surface area contributed by atoms with Crippen LogP contribution in [0.4, 0.5) is 5.82 Å². The molecule has 0 spiro atoms. The van der Waals surface area contributed by atoms with Crippen LogP contribution in [0.1, 0.15) is 47.3 Å². The number of nitrogens with one attached hydrogen (secondary N) is 1. The summed E-state index contributed by atoms with van der Waals surface area (Å²) in [5, 5.41) is 16.8. The molecule has 2 aliphatic rings. The lowest BCUT2D eigenvalue weighted by atomic mass is 10.0. The van der Waals surface area contributed by atoms with Gasteiger partial charge in [0.15, 0.2) is 0 Å². The normalized spacial score (nSPS) is 17.4. The largest absolute Gasteiger partial charge is 0.355 e. The molecule has 7 nitrogen and oxygen atoms in total. The first-order valence-corrected chi connectivity index (χ1v) is 9.22. The quantitative estimate of drug-likeness (QED) is 0.913. The summed E-state index contributed by atoms with van der Waals surface area (Å²) in [5.74, 6) is 0.729. The number of nitrogens with zero attached hydrogens (tertiary/aromatic N) is 5. The van der Waals surface area contributed by atoms with Gasteiger partial charge in [-0.3, -0.25) is 9.48 Å². The monoisotopic (exact) mass is 350 g/mol. The van der Waals surface area contributed by atoms with Gasteiger partial charge >= 0.3 is 0 Å². The van der Waals surface area contributed by atoms with E-state index in [4.69, 9.17) is 0 Å². The van der Waals surface area contributed by atoms with E-state index in [1.807, 2.05) is 4.68 Å². The van der Waals surface area contributed by atoms with Crippen molar-refractivity contribution in [3.05, 3.63) is 41.3 Å². The number of carbonyl (C=O) groups excluding carboxylic acids is 1. The maximum Gasteiger partial charge on any atom is 0.254 e. The van der Waals surface area contributed by atoms with E-state index in [2.05, 4.69) is 26.4 Å². The molecule has 0 unspecified atom stereocenters. The van der Waals surface area contributed by atoms with Gasteiger partial charge in [0, 0.05) is 31.9 Å². The van der Waals surface area contributed by atoms with Crippen molar-refractivity contribution in [1.29, 1.82) is 5.26 Å². The zero-order valence-corrected chi connectivity index (χ0v) is 14.7. The van der Waals surface area contributed by atoms with E-state index in [-0.39, 0.29) is 11.9 Å². The van der Waals surface area contributed by atoms with Crippen molar-refractivity contribution in [2.45, 2.75) is 44.7 Å². The number of hydrogen-bond acceptors (Lipinski definition) is 5. The highest BCUT2D eigenvalue weighted by molar-refractivity contribution is 5.95. The van der Waals surface area contributed by atoms with E-state index in [1.54, 1.807) is 24.5 Å². The molecule has 2 aromatic heterocycles. The maximum absolute atomic E-state index is 12.7. The van der Waals surface area contributed by atoms with E-state index >= 15 is 0 Å².